The van der Waals surface area contributed by atoms with Crippen molar-refractivity contribution in [2.24, 2.45) is 5.92 Å². The molecule has 1 heterocycles. The highest BCUT2D eigenvalue weighted by Gasteiger charge is 2.13. The van der Waals surface area contributed by atoms with E-state index in [1.165, 1.54) is 23.1 Å². The molecule has 1 aromatic carbocycles. The summed E-state index contributed by atoms with van der Waals surface area (Å²) in [5.41, 5.74) is 0.661. The van der Waals surface area contributed by atoms with E-state index in [9.17, 15) is 9.59 Å². The van der Waals surface area contributed by atoms with Crippen LogP contribution in [-0.2, 0) is 4.79 Å². The van der Waals surface area contributed by atoms with Crippen LogP contribution in [0.4, 0.5) is 5.13 Å². The maximum absolute atomic E-state index is 12.1. The van der Waals surface area contributed by atoms with Gasteiger partial charge in [-0.1, -0.05) is 65.0 Å². The number of benzene rings is 1. The zero-order valence-corrected chi connectivity index (χ0v) is 15.2. The van der Waals surface area contributed by atoms with Gasteiger partial charge < -0.3 is 5.32 Å². The summed E-state index contributed by atoms with van der Waals surface area (Å²) in [6.07, 6.45) is 0. The van der Waals surface area contributed by atoms with E-state index < -0.39 is 0 Å². The van der Waals surface area contributed by atoms with Gasteiger partial charge in [0.05, 0.1) is 5.75 Å². The molecule has 5 nitrogen and oxygen atoms in total. The van der Waals surface area contributed by atoms with E-state index in [2.05, 4.69) is 31.4 Å². The van der Waals surface area contributed by atoms with E-state index in [-0.39, 0.29) is 23.4 Å². The first kappa shape index (κ1) is 17.1. The zero-order chi connectivity index (χ0) is 16.1. The van der Waals surface area contributed by atoms with Gasteiger partial charge >= 0.3 is 0 Å². The molecular formula is C14H14BrN3O2S2. The normalized spacial score (nSPS) is 10.7. The van der Waals surface area contributed by atoms with Gasteiger partial charge in [0.15, 0.2) is 10.1 Å². The fourth-order valence-corrected chi connectivity index (χ4v) is 3.33. The fraction of sp³-hybridized carbons (Fsp3) is 0.286. The third-order valence-electron chi connectivity index (χ3n) is 2.65. The predicted molar refractivity (Wildman–Crippen MR) is 92.6 cm³/mol. The molecule has 0 saturated heterocycles. The lowest BCUT2D eigenvalue weighted by atomic mass is 10.2. The molecular weight excluding hydrogens is 386 g/mol. The van der Waals surface area contributed by atoms with Crippen LogP contribution >= 0.6 is 39.0 Å². The maximum atomic E-state index is 12.1. The molecule has 0 saturated carbocycles. The van der Waals surface area contributed by atoms with Gasteiger partial charge in [-0.15, -0.1) is 10.2 Å². The Morgan fingerprint density at radius 2 is 1.95 bits per heavy atom. The highest BCUT2D eigenvalue weighted by atomic mass is 79.9. The molecule has 1 N–H and O–H groups in total. The number of hydrogen-bond donors (Lipinski definition) is 1. The van der Waals surface area contributed by atoms with Crippen LogP contribution in [0, 0.1) is 5.92 Å². The largest absolute Gasteiger partial charge is 0.300 e. The molecule has 0 radical (unpaired) electrons. The number of anilines is 1. The summed E-state index contributed by atoms with van der Waals surface area (Å²) >= 11 is 5.92. The van der Waals surface area contributed by atoms with E-state index in [4.69, 9.17) is 0 Å². The summed E-state index contributed by atoms with van der Waals surface area (Å²) in [5, 5.41) is 11.0. The average Bonchev–Trinajstić information content (AvgIpc) is 2.93. The van der Waals surface area contributed by atoms with Gasteiger partial charge in [0.1, 0.15) is 0 Å². The molecule has 116 valence electrons. The van der Waals surface area contributed by atoms with Crippen LogP contribution in [0.25, 0.3) is 0 Å². The number of nitrogens with zero attached hydrogens (tertiary/aromatic N) is 2. The summed E-state index contributed by atoms with van der Waals surface area (Å²) in [6, 6.07) is 7.23. The number of thioether (sulfide) groups is 1. The Kier molecular flexibility index (Phi) is 6.10. The Morgan fingerprint density at radius 3 is 2.59 bits per heavy atom. The third kappa shape index (κ3) is 4.89. The lowest BCUT2D eigenvalue weighted by Crippen LogP contribution is -2.17. The van der Waals surface area contributed by atoms with Gasteiger partial charge in [-0.3, -0.25) is 9.59 Å². The highest BCUT2D eigenvalue weighted by Crippen LogP contribution is 2.26. The molecule has 0 atom stereocenters. The van der Waals surface area contributed by atoms with Crippen molar-refractivity contribution in [3.63, 3.8) is 0 Å². The van der Waals surface area contributed by atoms with Crippen LogP contribution in [0.5, 0.6) is 0 Å². The van der Waals surface area contributed by atoms with Gasteiger partial charge in [0, 0.05) is 16.0 Å². The first-order valence-corrected chi connectivity index (χ1v) is 9.11. The van der Waals surface area contributed by atoms with E-state index in [1.54, 1.807) is 12.1 Å². The number of ketones is 1. The van der Waals surface area contributed by atoms with E-state index >= 15 is 0 Å². The van der Waals surface area contributed by atoms with Crippen molar-refractivity contribution in [3.8, 4) is 0 Å². The second-order valence-electron chi connectivity index (χ2n) is 4.74. The van der Waals surface area contributed by atoms with Gasteiger partial charge in [-0.2, -0.15) is 0 Å². The SMILES string of the molecule is CC(C)C(=O)Nc1nnc(SCC(=O)c2ccc(Br)cc2)s1. The van der Waals surface area contributed by atoms with Crippen molar-refractivity contribution < 1.29 is 9.59 Å². The topological polar surface area (TPSA) is 72.0 Å². The van der Waals surface area contributed by atoms with Gasteiger partial charge in [-0.25, -0.2) is 0 Å². The summed E-state index contributed by atoms with van der Waals surface area (Å²) in [5.74, 6) is 0.104. The molecule has 0 fully saturated rings. The zero-order valence-electron chi connectivity index (χ0n) is 12.0. The van der Waals surface area contributed by atoms with Gasteiger partial charge in [0.25, 0.3) is 0 Å². The second-order valence-corrected chi connectivity index (χ2v) is 7.85. The fourth-order valence-electron chi connectivity index (χ4n) is 1.41. The average molecular weight is 400 g/mol. The number of carbonyl (C=O) groups is 2. The first-order chi connectivity index (χ1) is 10.5. The smallest absolute Gasteiger partial charge is 0.228 e. The monoisotopic (exact) mass is 399 g/mol. The molecule has 2 aromatic rings. The molecule has 2 rings (SSSR count). The summed E-state index contributed by atoms with van der Waals surface area (Å²) in [6.45, 7) is 3.62. The minimum absolute atomic E-state index is 0.0282. The number of amides is 1. The van der Waals surface area contributed by atoms with Crippen molar-refractivity contribution in [3.05, 3.63) is 34.3 Å². The molecule has 22 heavy (non-hydrogen) atoms. The molecule has 0 spiro atoms. The van der Waals surface area contributed by atoms with Gasteiger partial charge in [-0.05, 0) is 12.1 Å². The molecule has 1 amide bonds. The number of Topliss-reactive ketones (excluding diaryl/α,β-unsaturated/α-hetero) is 1. The molecule has 1 aromatic heterocycles. The summed E-state index contributed by atoms with van der Waals surface area (Å²) in [7, 11) is 0. The Balaban J connectivity index is 1.89. The minimum atomic E-state index is -0.112. The van der Waals surface area contributed by atoms with Crippen molar-refractivity contribution in [2.75, 3.05) is 11.1 Å². The minimum Gasteiger partial charge on any atom is -0.300 e. The third-order valence-corrected chi connectivity index (χ3v) is 5.15. The molecule has 0 unspecified atom stereocenters. The van der Waals surface area contributed by atoms with Crippen molar-refractivity contribution >= 4 is 55.9 Å². The van der Waals surface area contributed by atoms with Gasteiger partial charge in [0.2, 0.25) is 11.0 Å². The van der Waals surface area contributed by atoms with Crippen LogP contribution in [0.2, 0.25) is 0 Å². The molecule has 0 bridgehead atoms. The molecule has 0 aliphatic heterocycles. The summed E-state index contributed by atoms with van der Waals surface area (Å²) in [4.78, 5) is 23.6. The quantitative estimate of drug-likeness (QED) is 0.453. The van der Waals surface area contributed by atoms with E-state index in [0.717, 1.165) is 4.47 Å². The van der Waals surface area contributed by atoms with Crippen LogP contribution < -0.4 is 5.32 Å². The van der Waals surface area contributed by atoms with Crippen molar-refractivity contribution in [1.29, 1.82) is 0 Å². The Bertz CT molecular complexity index is 671. The first-order valence-electron chi connectivity index (χ1n) is 6.51. The number of carbonyl (C=O) groups excluding carboxylic acids is 2. The Hall–Kier alpha value is -1.25. The second kappa shape index (κ2) is 7.85. The molecule has 8 heteroatoms. The van der Waals surface area contributed by atoms with E-state index in [1.807, 2.05) is 26.0 Å². The predicted octanol–water partition coefficient (Wildman–Crippen LogP) is 3.87. The Labute approximate surface area is 145 Å². The lowest BCUT2D eigenvalue weighted by molar-refractivity contribution is -0.118. The van der Waals surface area contributed by atoms with Crippen LogP contribution in [-0.4, -0.2) is 27.6 Å². The summed E-state index contributed by atoms with van der Waals surface area (Å²) < 4.78 is 1.59. The number of halogens is 1. The lowest BCUT2D eigenvalue weighted by Gasteiger charge is -2.02. The standard InChI is InChI=1S/C14H14BrN3O2S2/c1-8(2)12(20)16-13-17-18-14(22-13)21-7-11(19)9-3-5-10(15)6-4-9/h3-6,8H,7H2,1-2H3,(H,16,17,20). The Morgan fingerprint density at radius 1 is 1.27 bits per heavy atom. The number of aromatic nitrogens is 2. The number of nitrogens with one attached hydrogen (secondary N) is 1. The number of hydrogen-bond acceptors (Lipinski definition) is 6. The highest BCUT2D eigenvalue weighted by molar-refractivity contribution is 9.10. The number of rotatable bonds is 6. The van der Waals surface area contributed by atoms with Crippen molar-refractivity contribution in [2.45, 2.75) is 18.2 Å². The maximum Gasteiger partial charge on any atom is 0.228 e. The van der Waals surface area contributed by atoms with Crippen molar-refractivity contribution in [1.82, 2.24) is 10.2 Å². The van der Waals surface area contributed by atoms with Crippen LogP contribution in [0.15, 0.2) is 33.1 Å². The molecule has 0 aliphatic rings. The molecule has 0 aliphatic carbocycles. The van der Waals surface area contributed by atoms with E-state index in [0.29, 0.717) is 15.0 Å². The van der Waals surface area contributed by atoms with Crippen LogP contribution in [0.1, 0.15) is 24.2 Å². The van der Waals surface area contributed by atoms with Crippen LogP contribution in [0.3, 0.4) is 0 Å².